The summed E-state index contributed by atoms with van der Waals surface area (Å²) in [5.74, 6) is -0.564. The highest BCUT2D eigenvalue weighted by molar-refractivity contribution is 6.46. The quantitative estimate of drug-likeness (QED) is 0.313. The summed E-state index contributed by atoms with van der Waals surface area (Å²) in [7, 11) is 7.40. The number of hydrogen-bond acceptors (Lipinski definition) is 5. The van der Waals surface area contributed by atoms with E-state index in [2.05, 4.69) is 0 Å². The van der Waals surface area contributed by atoms with Crippen LogP contribution < -0.4 is 4.74 Å². The highest BCUT2D eigenvalue weighted by Gasteiger charge is 2.46. The molecule has 0 spiro atoms. The number of aryl methyl sites for hydroxylation is 1. The normalized spacial score (nSPS) is 17.8. The number of para-hydroxylation sites is 1. The standard InChI is InChI=1S/C28H33N3O4/c1-17(2)20-15-18(11-12-23(20)35-6)26(32)24-25(31(14-13-29(3)4)28(34)27(24)33)21-16-30(5)22-10-8-7-9-19(21)22/h7-12,15-17,25,32H,13-14H2,1-6H3/b26-24+. The third-order valence-electron chi connectivity index (χ3n) is 6.68. The number of carbonyl (C=O) groups is 2. The fraction of sp³-hybridized carbons (Fsp3) is 0.357. The maximum atomic E-state index is 13.4. The molecule has 1 atom stereocenters. The summed E-state index contributed by atoms with van der Waals surface area (Å²) in [6.07, 6.45) is 1.95. The van der Waals surface area contributed by atoms with Crippen LogP contribution in [-0.2, 0) is 16.6 Å². The molecule has 1 aromatic heterocycles. The van der Waals surface area contributed by atoms with Gasteiger partial charge in [0.1, 0.15) is 11.5 Å². The van der Waals surface area contributed by atoms with Gasteiger partial charge in [-0.3, -0.25) is 9.59 Å². The third kappa shape index (κ3) is 4.32. The molecule has 7 heteroatoms. The predicted molar refractivity (Wildman–Crippen MR) is 138 cm³/mol. The molecule has 4 rings (SSSR count). The fourth-order valence-corrected chi connectivity index (χ4v) is 4.82. The molecule has 1 amide bonds. The molecule has 1 unspecified atom stereocenters. The number of amides is 1. The molecule has 1 aliphatic heterocycles. The summed E-state index contributed by atoms with van der Waals surface area (Å²) in [5.41, 5.74) is 3.34. The Hall–Kier alpha value is -3.58. The summed E-state index contributed by atoms with van der Waals surface area (Å²) >= 11 is 0. The summed E-state index contributed by atoms with van der Waals surface area (Å²) in [6.45, 7) is 5.03. The molecule has 2 heterocycles. The van der Waals surface area contributed by atoms with Gasteiger partial charge in [0, 0.05) is 48.4 Å². The van der Waals surface area contributed by atoms with Gasteiger partial charge in [0.25, 0.3) is 11.7 Å². The Morgan fingerprint density at radius 3 is 2.51 bits per heavy atom. The van der Waals surface area contributed by atoms with E-state index in [4.69, 9.17) is 4.74 Å². The number of fused-ring (bicyclic) bond motifs is 1. The number of aliphatic hydroxyl groups excluding tert-OH is 1. The molecule has 3 aromatic rings. The zero-order chi connectivity index (χ0) is 25.4. The van der Waals surface area contributed by atoms with Crippen molar-refractivity contribution in [1.29, 1.82) is 0 Å². The molecule has 184 valence electrons. The molecule has 0 saturated carbocycles. The highest BCUT2D eigenvalue weighted by atomic mass is 16.5. The van der Waals surface area contributed by atoms with Crippen molar-refractivity contribution >= 4 is 28.4 Å². The summed E-state index contributed by atoms with van der Waals surface area (Å²) < 4.78 is 7.47. The number of rotatable bonds is 7. The minimum absolute atomic E-state index is 0.116. The van der Waals surface area contributed by atoms with Crippen molar-refractivity contribution in [2.75, 3.05) is 34.3 Å². The van der Waals surface area contributed by atoms with Crippen LogP contribution in [0.4, 0.5) is 0 Å². The number of likely N-dealkylation sites (tertiary alicyclic amines) is 1. The minimum Gasteiger partial charge on any atom is -0.507 e. The summed E-state index contributed by atoms with van der Waals surface area (Å²) in [5, 5.41) is 12.5. The first kappa shape index (κ1) is 24.5. The second-order valence-corrected chi connectivity index (χ2v) is 9.62. The van der Waals surface area contributed by atoms with Gasteiger partial charge in [-0.25, -0.2) is 0 Å². The lowest BCUT2D eigenvalue weighted by molar-refractivity contribution is -0.140. The average Bonchev–Trinajstić information content (AvgIpc) is 3.30. The van der Waals surface area contributed by atoms with Gasteiger partial charge < -0.3 is 24.2 Å². The van der Waals surface area contributed by atoms with Crippen LogP contribution in [0.15, 0.2) is 54.2 Å². The number of ether oxygens (including phenoxy) is 1. The lowest BCUT2D eigenvalue weighted by Crippen LogP contribution is -2.35. The maximum Gasteiger partial charge on any atom is 0.295 e. The van der Waals surface area contributed by atoms with Crippen LogP contribution in [0.2, 0.25) is 0 Å². The first-order chi connectivity index (χ1) is 16.6. The largest absolute Gasteiger partial charge is 0.507 e. The SMILES string of the molecule is COc1ccc(/C(O)=C2\C(=O)C(=O)N(CCN(C)C)C2c2cn(C)c3ccccc23)cc1C(C)C. The topological polar surface area (TPSA) is 75.0 Å². The second kappa shape index (κ2) is 9.58. The zero-order valence-corrected chi connectivity index (χ0v) is 21.2. The average molecular weight is 476 g/mol. The zero-order valence-electron chi connectivity index (χ0n) is 21.2. The van der Waals surface area contributed by atoms with E-state index in [9.17, 15) is 14.7 Å². The van der Waals surface area contributed by atoms with Crippen molar-refractivity contribution in [3.05, 3.63) is 70.9 Å². The van der Waals surface area contributed by atoms with Crippen molar-refractivity contribution in [3.63, 3.8) is 0 Å². The molecule has 1 N–H and O–H groups in total. The third-order valence-corrected chi connectivity index (χ3v) is 6.68. The Morgan fingerprint density at radius 2 is 1.86 bits per heavy atom. The molecule has 35 heavy (non-hydrogen) atoms. The van der Waals surface area contributed by atoms with Crippen LogP contribution in [0.5, 0.6) is 5.75 Å². The monoisotopic (exact) mass is 475 g/mol. The van der Waals surface area contributed by atoms with E-state index in [1.807, 2.05) is 81.0 Å². The number of aliphatic hydroxyl groups is 1. The van der Waals surface area contributed by atoms with Crippen LogP contribution >= 0.6 is 0 Å². The molecule has 1 saturated heterocycles. The molecule has 1 fully saturated rings. The highest BCUT2D eigenvalue weighted by Crippen LogP contribution is 2.43. The molecule has 1 aliphatic rings. The number of ketones is 1. The maximum absolute atomic E-state index is 13.4. The van der Waals surface area contributed by atoms with Gasteiger partial charge in [0.15, 0.2) is 0 Å². The van der Waals surface area contributed by atoms with E-state index < -0.39 is 17.7 Å². The number of nitrogens with zero attached hydrogens (tertiary/aromatic N) is 3. The van der Waals surface area contributed by atoms with E-state index in [0.29, 0.717) is 24.4 Å². The number of Topliss-reactive ketones (excluding diaryl/α,β-unsaturated/α-hetero) is 1. The summed E-state index contributed by atoms with van der Waals surface area (Å²) in [4.78, 5) is 30.2. The van der Waals surface area contributed by atoms with E-state index in [-0.39, 0.29) is 17.3 Å². The van der Waals surface area contributed by atoms with Gasteiger partial charge in [0.05, 0.1) is 18.7 Å². The fourth-order valence-electron chi connectivity index (χ4n) is 4.82. The lowest BCUT2D eigenvalue weighted by Gasteiger charge is -2.26. The Labute approximate surface area is 206 Å². The van der Waals surface area contributed by atoms with E-state index in [0.717, 1.165) is 22.0 Å². The first-order valence-corrected chi connectivity index (χ1v) is 11.8. The number of carbonyl (C=O) groups excluding carboxylic acids is 2. The van der Waals surface area contributed by atoms with E-state index >= 15 is 0 Å². The first-order valence-electron chi connectivity index (χ1n) is 11.8. The van der Waals surface area contributed by atoms with Gasteiger partial charge in [0.2, 0.25) is 0 Å². The van der Waals surface area contributed by atoms with Crippen LogP contribution in [0.3, 0.4) is 0 Å². The molecule has 7 nitrogen and oxygen atoms in total. The van der Waals surface area contributed by atoms with Gasteiger partial charge >= 0.3 is 0 Å². The van der Waals surface area contributed by atoms with Gasteiger partial charge in [-0.05, 0) is 49.8 Å². The molecule has 0 radical (unpaired) electrons. The van der Waals surface area contributed by atoms with Crippen molar-refractivity contribution in [2.24, 2.45) is 7.05 Å². The van der Waals surface area contributed by atoms with Crippen LogP contribution in [0, 0.1) is 0 Å². The smallest absolute Gasteiger partial charge is 0.295 e. The van der Waals surface area contributed by atoms with Crippen LogP contribution in [-0.4, -0.2) is 65.5 Å². The Balaban J connectivity index is 1.94. The van der Waals surface area contributed by atoms with Crippen molar-refractivity contribution in [1.82, 2.24) is 14.4 Å². The minimum atomic E-state index is -0.689. The lowest BCUT2D eigenvalue weighted by atomic mass is 9.93. The molecular formula is C28H33N3O4. The van der Waals surface area contributed by atoms with E-state index in [1.165, 1.54) is 0 Å². The molecule has 0 bridgehead atoms. The van der Waals surface area contributed by atoms with E-state index in [1.54, 1.807) is 24.1 Å². The number of hydrogen-bond donors (Lipinski definition) is 1. The van der Waals surface area contributed by atoms with Crippen molar-refractivity contribution < 1.29 is 19.4 Å². The van der Waals surface area contributed by atoms with Crippen molar-refractivity contribution in [3.8, 4) is 5.75 Å². The Bertz CT molecular complexity index is 1320. The summed E-state index contributed by atoms with van der Waals surface area (Å²) in [6, 6.07) is 12.6. The van der Waals surface area contributed by atoms with Gasteiger partial charge in [-0.15, -0.1) is 0 Å². The molecular weight excluding hydrogens is 442 g/mol. The number of methoxy groups -OCH3 is 1. The van der Waals surface area contributed by atoms with Crippen LogP contribution in [0.1, 0.15) is 42.5 Å². The second-order valence-electron chi connectivity index (χ2n) is 9.62. The van der Waals surface area contributed by atoms with Crippen LogP contribution in [0.25, 0.3) is 16.7 Å². The van der Waals surface area contributed by atoms with Crippen molar-refractivity contribution in [2.45, 2.75) is 25.8 Å². The number of benzene rings is 2. The van der Waals surface area contributed by atoms with Gasteiger partial charge in [-0.1, -0.05) is 32.0 Å². The number of aromatic nitrogens is 1. The van der Waals surface area contributed by atoms with Gasteiger partial charge in [-0.2, -0.15) is 0 Å². The molecule has 2 aromatic carbocycles. The Kier molecular flexibility index (Phi) is 6.72. The molecule has 0 aliphatic carbocycles. The Morgan fingerprint density at radius 1 is 1.14 bits per heavy atom. The predicted octanol–water partition coefficient (Wildman–Crippen LogP) is 4.29. The number of likely N-dealkylation sites (N-methyl/N-ethyl adjacent to an activating group) is 1.